The topological polar surface area (TPSA) is 29.1 Å². The summed E-state index contributed by atoms with van der Waals surface area (Å²) in [5, 5.41) is 3.58. The number of benzene rings is 2. The average molecular weight is 286 g/mol. The Bertz CT molecular complexity index is 607. The summed E-state index contributed by atoms with van der Waals surface area (Å²) >= 11 is 5.94. The maximum absolute atomic E-state index is 11.9. The van der Waals surface area contributed by atoms with Crippen LogP contribution in [0.5, 0.6) is 0 Å². The Hall–Kier alpha value is -2.06. The third-order valence-electron chi connectivity index (χ3n) is 2.93. The first-order chi connectivity index (χ1) is 9.65. The zero-order valence-electron chi connectivity index (χ0n) is 11.2. The maximum Gasteiger partial charge on any atom is 0.244 e. The number of hydrogen-bond donors (Lipinski definition) is 1. The second-order valence-corrected chi connectivity index (χ2v) is 4.97. The molecule has 2 rings (SSSR count). The van der Waals surface area contributed by atoms with Gasteiger partial charge in [0.05, 0.1) is 6.04 Å². The summed E-state index contributed by atoms with van der Waals surface area (Å²) in [5.41, 5.74) is 1.98. The maximum atomic E-state index is 11.9. The Balaban J connectivity index is 1.96. The van der Waals surface area contributed by atoms with E-state index in [1.54, 1.807) is 6.08 Å². The Labute approximate surface area is 124 Å². The Morgan fingerprint density at radius 2 is 1.90 bits per heavy atom. The third kappa shape index (κ3) is 4.25. The second kappa shape index (κ2) is 6.92. The molecule has 1 N–H and O–H groups in total. The molecule has 0 saturated heterocycles. The normalized spacial score (nSPS) is 12.3. The van der Waals surface area contributed by atoms with Gasteiger partial charge in [-0.05, 0) is 36.3 Å². The van der Waals surface area contributed by atoms with Crippen LogP contribution < -0.4 is 5.32 Å². The van der Waals surface area contributed by atoms with E-state index in [4.69, 9.17) is 11.6 Å². The molecule has 0 aliphatic carbocycles. The monoisotopic (exact) mass is 285 g/mol. The molecule has 0 aliphatic rings. The summed E-state index contributed by atoms with van der Waals surface area (Å²) in [7, 11) is 0. The van der Waals surface area contributed by atoms with E-state index in [-0.39, 0.29) is 11.9 Å². The van der Waals surface area contributed by atoms with E-state index >= 15 is 0 Å². The van der Waals surface area contributed by atoms with Gasteiger partial charge in [0.15, 0.2) is 0 Å². The summed E-state index contributed by atoms with van der Waals surface area (Å²) in [5.74, 6) is -0.124. The highest BCUT2D eigenvalue weighted by molar-refractivity contribution is 6.30. The lowest BCUT2D eigenvalue weighted by molar-refractivity contribution is -0.117. The molecule has 2 aromatic rings. The van der Waals surface area contributed by atoms with Crippen LogP contribution in [0.2, 0.25) is 5.02 Å². The van der Waals surface area contributed by atoms with Gasteiger partial charge in [0.25, 0.3) is 0 Å². The minimum Gasteiger partial charge on any atom is -0.346 e. The zero-order chi connectivity index (χ0) is 14.4. The minimum atomic E-state index is -0.124. The van der Waals surface area contributed by atoms with Crippen molar-refractivity contribution in [1.82, 2.24) is 5.32 Å². The lowest BCUT2D eigenvalue weighted by Crippen LogP contribution is -2.24. The predicted molar refractivity (Wildman–Crippen MR) is 83.5 cm³/mol. The van der Waals surface area contributed by atoms with E-state index in [0.29, 0.717) is 5.02 Å². The van der Waals surface area contributed by atoms with Crippen LogP contribution in [-0.4, -0.2) is 5.91 Å². The van der Waals surface area contributed by atoms with Gasteiger partial charge in [0.1, 0.15) is 0 Å². The van der Waals surface area contributed by atoms with Crippen LogP contribution in [0, 0.1) is 0 Å². The molecular weight excluding hydrogens is 270 g/mol. The van der Waals surface area contributed by atoms with Gasteiger partial charge in [0.2, 0.25) is 5.91 Å². The lowest BCUT2D eigenvalue weighted by atomic mass is 10.1. The molecule has 1 amide bonds. The van der Waals surface area contributed by atoms with Crippen molar-refractivity contribution < 1.29 is 4.79 Å². The quantitative estimate of drug-likeness (QED) is 0.837. The SMILES string of the molecule is C[C@H](NC(=O)/C=C/c1ccccc1)c1cccc(Cl)c1. The lowest BCUT2D eigenvalue weighted by Gasteiger charge is -2.13. The summed E-state index contributed by atoms with van der Waals surface area (Å²) < 4.78 is 0. The van der Waals surface area contributed by atoms with Crippen LogP contribution in [0.4, 0.5) is 0 Å². The van der Waals surface area contributed by atoms with Gasteiger partial charge in [0, 0.05) is 11.1 Å². The summed E-state index contributed by atoms with van der Waals surface area (Å²) in [6, 6.07) is 17.1. The third-order valence-corrected chi connectivity index (χ3v) is 3.17. The highest BCUT2D eigenvalue weighted by Crippen LogP contribution is 2.17. The van der Waals surface area contributed by atoms with Crippen molar-refractivity contribution in [3.63, 3.8) is 0 Å². The fourth-order valence-electron chi connectivity index (χ4n) is 1.86. The number of amides is 1. The molecule has 0 bridgehead atoms. The molecule has 20 heavy (non-hydrogen) atoms. The fourth-order valence-corrected chi connectivity index (χ4v) is 2.06. The molecule has 0 saturated carbocycles. The first-order valence-corrected chi connectivity index (χ1v) is 6.82. The van der Waals surface area contributed by atoms with E-state index in [1.807, 2.05) is 61.5 Å². The van der Waals surface area contributed by atoms with Crippen molar-refractivity contribution in [2.24, 2.45) is 0 Å². The summed E-state index contributed by atoms with van der Waals surface area (Å²) in [6.45, 7) is 1.93. The fraction of sp³-hybridized carbons (Fsp3) is 0.118. The van der Waals surface area contributed by atoms with Crippen LogP contribution in [0.3, 0.4) is 0 Å². The highest BCUT2D eigenvalue weighted by atomic mass is 35.5. The van der Waals surface area contributed by atoms with Crippen molar-refractivity contribution in [3.05, 3.63) is 76.8 Å². The first kappa shape index (κ1) is 14.4. The molecule has 2 aromatic carbocycles. The molecule has 102 valence electrons. The number of rotatable bonds is 4. The first-order valence-electron chi connectivity index (χ1n) is 6.44. The molecule has 0 unspecified atom stereocenters. The minimum absolute atomic E-state index is 0.0818. The molecule has 0 spiro atoms. The average Bonchev–Trinajstić information content (AvgIpc) is 2.46. The van der Waals surface area contributed by atoms with Crippen molar-refractivity contribution in [2.45, 2.75) is 13.0 Å². The molecule has 1 atom stereocenters. The number of hydrogen-bond acceptors (Lipinski definition) is 1. The number of carbonyl (C=O) groups is 1. The number of halogens is 1. The van der Waals surface area contributed by atoms with Crippen LogP contribution in [-0.2, 0) is 4.79 Å². The predicted octanol–water partition coefficient (Wildman–Crippen LogP) is 4.23. The van der Waals surface area contributed by atoms with Gasteiger partial charge in [-0.2, -0.15) is 0 Å². The molecule has 0 fully saturated rings. The molecular formula is C17H16ClNO. The van der Waals surface area contributed by atoms with Crippen LogP contribution in [0.15, 0.2) is 60.7 Å². The van der Waals surface area contributed by atoms with Crippen molar-refractivity contribution >= 4 is 23.6 Å². The second-order valence-electron chi connectivity index (χ2n) is 4.53. The van der Waals surface area contributed by atoms with E-state index in [9.17, 15) is 4.79 Å². The molecule has 0 aromatic heterocycles. The summed E-state index contributed by atoms with van der Waals surface area (Å²) in [6.07, 6.45) is 3.33. The molecule has 0 heterocycles. The summed E-state index contributed by atoms with van der Waals surface area (Å²) in [4.78, 5) is 11.9. The van der Waals surface area contributed by atoms with E-state index in [2.05, 4.69) is 5.32 Å². The Morgan fingerprint density at radius 3 is 2.60 bits per heavy atom. The van der Waals surface area contributed by atoms with Crippen molar-refractivity contribution in [1.29, 1.82) is 0 Å². The van der Waals surface area contributed by atoms with E-state index in [0.717, 1.165) is 11.1 Å². The van der Waals surface area contributed by atoms with Gasteiger partial charge in [-0.25, -0.2) is 0 Å². The van der Waals surface area contributed by atoms with Gasteiger partial charge in [-0.1, -0.05) is 54.1 Å². The highest BCUT2D eigenvalue weighted by Gasteiger charge is 2.07. The standard InChI is InChI=1S/C17H16ClNO/c1-13(15-8-5-9-16(18)12-15)19-17(20)11-10-14-6-3-2-4-7-14/h2-13H,1H3,(H,19,20)/b11-10+/t13-/m0/s1. The van der Waals surface area contributed by atoms with Gasteiger partial charge < -0.3 is 5.32 Å². The van der Waals surface area contributed by atoms with Crippen molar-refractivity contribution in [2.75, 3.05) is 0 Å². The van der Waals surface area contributed by atoms with Crippen molar-refractivity contribution in [3.8, 4) is 0 Å². The molecule has 0 radical (unpaired) electrons. The number of carbonyl (C=O) groups excluding carboxylic acids is 1. The van der Waals surface area contributed by atoms with E-state index in [1.165, 1.54) is 6.08 Å². The van der Waals surface area contributed by atoms with Gasteiger partial charge >= 0.3 is 0 Å². The van der Waals surface area contributed by atoms with Gasteiger partial charge in [-0.15, -0.1) is 0 Å². The Kier molecular flexibility index (Phi) is 4.97. The molecule has 3 heteroatoms. The Morgan fingerprint density at radius 1 is 1.15 bits per heavy atom. The van der Waals surface area contributed by atoms with Crippen LogP contribution >= 0.6 is 11.6 Å². The van der Waals surface area contributed by atoms with Crippen LogP contribution in [0.1, 0.15) is 24.1 Å². The molecule has 0 aliphatic heterocycles. The van der Waals surface area contributed by atoms with Crippen LogP contribution in [0.25, 0.3) is 6.08 Å². The molecule has 2 nitrogen and oxygen atoms in total. The van der Waals surface area contributed by atoms with E-state index < -0.39 is 0 Å². The van der Waals surface area contributed by atoms with Gasteiger partial charge in [-0.3, -0.25) is 4.79 Å². The smallest absolute Gasteiger partial charge is 0.244 e. The zero-order valence-corrected chi connectivity index (χ0v) is 12.0. The largest absolute Gasteiger partial charge is 0.346 e. The number of nitrogens with one attached hydrogen (secondary N) is 1.